The summed E-state index contributed by atoms with van der Waals surface area (Å²) >= 11 is 0. The molecule has 0 fully saturated rings. The summed E-state index contributed by atoms with van der Waals surface area (Å²) in [5.74, 6) is 0. The van der Waals surface area contributed by atoms with Crippen LogP contribution in [0.25, 0.3) is 22.3 Å². The lowest BCUT2D eigenvalue weighted by molar-refractivity contribution is 0.984. The van der Waals surface area contributed by atoms with E-state index in [0.717, 1.165) is 25.7 Å². The van der Waals surface area contributed by atoms with Gasteiger partial charge in [-0.05, 0) is 97.8 Å². The molecule has 9 rings (SSSR count). The number of nitrogens with zero attached hydrogens (tertiary/aromatic N) is 2. The number of benzene rings is 4. The van der Waals surface area contributed by atoms with Crippen LogP contribution in [0.1, 0.15) is 44.5 Å². The summed E-state index contributed by atoms with van der Waals surface area (Å²) in [6.07, 6.45) is 8.11. The van der Waals surface area contributed by atoms with Gasteiger partial charge in [0.25, 0.3) is 0 Å². The third-order valence-corrected chi connectivity index (χ3v) is 8.53. The van der Waals surface area contributed by atoms with Crippen LogP contribution in [0.3, 0.4) is 0 Å². The van der Waals surface area contributed by atoms with E-state index in [2.05, 4.69) is 95.1 Å². The SMILES string of the molecule is c1ccc2c(c1)Cc1ccc3c(c1-2)-c1cc2c(cc1C3)N1c3ccccc3Cc3cncc(c31)C2. The van der Waals surface area contributed by atoms with Crippen molar-refractivity contribution in [2.75, 3.05) is 4.90 Å². The molecule has 0 unspecified atom stereocenters. The molecule has 3 heterocycles. The standard InChI is InChI=1S/C33H22N2/c1-3-7-27-19(5-1)11-21-9-10-22-13-23-16-30-24(15-28(23)32(22)31(21)27)14-26-18-34-17-25-12-20-6-2-4-8-29(20)35(30)33(25)26/h1-10,15-18H,11-14H2. The van der Waals surface area contributed by atoms with Gasteiger partial charge in [0.2, 0.25) is 0 Å². The zero-order chi connectivity index (χ0) is 22.7. The zero-order valence-electron chi connectivity index (χ0n) is 19.3. The van der Waals surface area contributed by atoms with Crippen LogP contribution in [0.5, 0.6) is 0 Å². The third kappa shape index (κ3) is 2.27. The summed E-state index contributed by atoms with van der Waals surface area (Å²) < 4.78 is 0. The fourth-order valence-electron chi connectivity index (χ4n) is 7.08. The molecule has 0 saturated carbocycles. The molecule has 0 bridgehead atoms. The molecule has 2 heteroatoms. The number of anilines is 3. The maximum Gasteiger partial charge on any atom is 0.0563 e. The second-order valence-corrected chi connectivity index (χ2v) is 10.4. The van der Waals surface area contributed by atoms with E-state index in [1.54, 1.807) is 0 Å². The van der Waals surface area contributed by atoms with Gasteiger partial charge in [0.1, 0.15) is 0 Å². The molecule has 0 N–H and O–H groups in total. The Morgan fingerprint density at radius 2 is 1.14 bits per heavy atom. The van der Waals surface area contributed by atoms with Crippen molar-refractivity contribution in [1.29, 1.82) is 0 Å². The second-order valence-electron chi connectivity index (χ2n) is 10.4. The number of rotatable bonds is 0. The summed E-state index contributed by atoms with van der Waals surface area (Å²) in [7, 11) is 0. The Balaban J connectivity index is 1.30. The normalized spacial score (nSPS) is 14.9. The van der Waals surface area contributed by atoms with Crippen LogP contribution in [-0.4, -0.2) is 4.98 Å². The van der Waals surface area contributed by atoms with Crippen LogP contribution in [0.15, 0.2) is 85.2 Å². The van der Waals surface area contributed by atoms with Gasteiger partial charge in [0.15, 0.2) is 0 Å². The molecule has 2 aliphatic carbocycles. The van der Waals surface area contributed by atoms with Crippen molar-refractivity contribution in [3.63, 3.8) is 0 Å². The number of hydrogen-bond donors (Lipinski definition) is 0. The van der Waals surface area contributed by atoms with Gasteiger partial charge in [-0.25, -0.2) is 0 Å². The summed E-state index contributed by atoms with van der Waals surface area (Å²) in [5, 5.41) is 0. The Morgan fingerprint density at radius 1 is 0.486 bits per heavy atom. The predicted octanol–water partition coefficient (Wildman–Crippen LogP) is 7.50. The summed E-state index contributed by atoms with van der Waals surface area (Å²) in [6, 6.07) is 27.6. The van der Waals surface area contributed by atoms with Gasteiger partial charge in [-0.15, -0.1) is 0 Å². The second kappa shape index (κ2) is 6.28. The summed E-state index contributed by atoms with van der Waals surface area (Å²) in [5.41, 5.74) is 21.2. The smallest absolute Gasteiger partial charge is 0.0563 e. The number of fused-ring (bicyclic) bond motifs is 11. The first kappa shape index (κ1) is 18.2. The Labute approximate surface area is 204 Å². The Kier molecular flexibility index (Phi) is 3.27. The molecular formula is C33H22N2. The van der Waals surface area contributed by atoms with Crippen molar-refractivity contribution >= 4 is 17.1 Å². The Hall–Kier alpha value is -4.17. The average Bonchev–Trinajstić information content (AvgIpc) is 3.44. The maximum absolute atomic E-state index is 4.64. The quantitative estimate of drug-likeness (QED) is 0.240. The van der Waals surface area contributed by atoms with E-state index in [4.69, 9.17) is 0 Å². The highest BCUT2D eigenvalue weighted by atomic mass is 15.2. The largest absolute Gasteiger partial charge is 0.309 e. The molecular weight excluding hydrogens is 424 g/mol. The van der Waals surface area contributed by atoms with E-state index >= 15 is 0 Å². The minimum absolute atomic E-state index is 0.943. The van der Waals surface area contributed by atoms with Crippen LogP contribution >= 0.6 is 0 Å². The molecule has 0 atom stereocenters. The van der Waals surface area contributed by atoms with Gasteiger partial charge in [-0.1, -0.05) is 54.6 Å². The van der Waals surface area contributed by atoms with Gasteiger partial charge < -0.3 is 4.90 Å². The lowest BCUT2D eigenvalue weighted by Gasteiger charge is -2.39. The average molecular weight is 447 g/mol. The van der Waals surface area contributed by atoms with E-state index in [0.29, 0.717) is 0 Å². The number of para-hydroxylation sites is 1. The molecule has 4 aliphatic rings. The highest BCUT2D eigenvalue weighted by Crippen LogP contribution is 2.54. The Bertz CT molecular complexity index is 1760. The molecule has 5 aromatic rings. The van der Waals surface area contributed by atoms with Gasteiger partial charge in [0.05, 0.1) is 11.4 Å². The van der Waals surface area contributed by atoms with Gasteiger partial charge >= 0.3 is 0 Å². The molecule has 164 valence electrons. The van der Waals surface area contributed by atoms with Gasteiger partial charge in [-0.2, -0.15) is 0 Å². The van der Waals surface area contributed by atoms with Crippen molar-refractivity contribution in [2.45, 2.75) is 25.7 Å². The van der Waals surface area contributed by atoms with E-state index in [1.165, 1.54) is 83.8 Å². The lowest BCUT2D eigenvalue weighted by Crippen LogP contribution is -2.25. The minimum atomic E-state index is 0.943. The monoisotopic (exact) mass is 446 g/mol. The molecule has 2 nitrogen and oxygen atoms in total. The lowest BCUT2D eigenvalue weighted by atomic mass is 9.86. The highest BCUT2D eigenvalue weighted by Gasteiger charge is 2.35. The molecule has 4 aromatic carbocycles. The maximum atomic E-state index is 4.64. The van der Waals surface area contributed by atoms with Gasteiger partial charge in [0, 0.05) is 30.9 Å². The van der Waals surface area contributed by atoms with Crippen LogP contribution < -0.4 is 4.90 Å². The van der Waals surface area contributed by atoms with E-state index in [-0.39, 0.29) is 0 Å². The van der Waals surface area contributed by atoms with Gasteiger partial charge in [-0.3, -0.25) is 4.98 Å². The van der Waals surface area contributed by atoms with Crippen molar-refractivity contribution in [3.05, 3.63) is 130 Å². The van der Waals surface area contributed by atoms with Crippen molar-refractivity contribution in [1.82, 2.24) is 4.98 Å². The summed E-state index contributed by atoms with van der Waals surface area (Å²) in [4.78, 5) is 7.16. The van der Waals surface area contributed by atoms with E-state index in [9.17, 15) is 0 Å². The molecule has 0 radical (unpaired) electrons. The number of aromatic nitrogens is 1. The predicted molar refractivity (Wildman–Crippen MR) is 141 cm³/mol. The van der Waals surface area contributed by atoms with Crippen LogP contribution in [0.4, 0.5) is 17.1 Å². The minimum Gasteiger partial charge on any atom is -0.309 e. The summed E-state index contributed by atoms with van der Waals surface area (Å²) in [6.45, 7) is 0. The first-order valence-electron chi connectivity index (χ1n) is 12.6. The highest BCUT2D eigenvalue weighted by molar-refractivity contribution is 5.98. The molecule has 2 aliphatic heterocycles. The fraction of sp³-hybridized carbons (Fsp3) is 0.121. The molecule has 0 amide bonds. The van der Waals surface area contributed by atoms with Crippen molar-refractivity contribution in [2.24, 2.45) is 0 Å². The van der Waals surface area contributed by atoms with E-state index < -0.39 is 0 Å². The molecule has 35 heavy (non-hydrogen) atoms. The number of hydrogen-bond acceptors (Lipinski definition) is 2. The Morgan fingerprint density at radius 3 is 2.00 bits per heavy atom. The van der Waals surface area contributed by atoms with Crippen LogP contribution in [0.2, 0.25) is 0 Å². The molecule has 1 aromatic heterocycles. The number of pyridine rings is 1. The van der Waals surface area contributed by atoms with Crippen LogP contribution in [0, 0.1) is 0 Å². The van der Waals surface area contributed by atoms with Crippen LogP contribution in [-0.2, 0) is 25.7 Å². The first-order valence-corrected chi connectivity index (χ1v) is 12.6. The third-order valence-electron chi connectivity index (χ3n) is 8.53. The van der Waals surface area contributed by atoms with Crippen molar-refractivity contribution < 1.29 is 0 Å². The zero-order valence-corrected chi connectivity index (χ0v) is 19.3. The molecule has 0 spiro atoms. The first-order chi connectivity index (χ1) is 17.3. The fourth-order valence-corrected chi connectivity index (χ4v) is 7.08. The van der Waals surface area contributed by atoms with E-state index in [1.807, 2.05) is 0 Å². The molecule has 0 saturated heterocycles. The topological polar surface area (TPSA) is 16.1 Å². The van der Waals surface area contributed by atoms with Crippen molar-refractivity contribution in [3.8, 4) is 22.3 Å².